The highest BCUT2D eigenvalue weighted by atomic mass is 35.5. The molecule has 0 aliphatic heterocycles. The van der Waals surface area contributed by atoms with Crippen LogP contribution in [0.3, 0.4) is 0 Å². The number of nitrogens with one attached hydrogen (secondary N) is 1. The predicted molar refractivity (Wildman–Crippen MR) is 111 cm³/mol. The number of hydrogen-bond donors (Lipinski definition) is 1. The van der Waals surface area contributed by atoms with Crippen molar-refractivity contribution in [1.29, 1.82) is 0 Å². The number of carbonyl (C=O) groups is 1. The third-order valence-corrected chi connectivity index (χ3v) is 5.49. The number of hydrogen-bond acceptors (Lipinski definition) is 3. The molecule has 0 bridgehead atoms. The van der Waals surface area contributed by atoms with E-state index in [1.54, 1.807) is 36.4 Å². The van der Waals surface area contributed by atoms with Gasteiger partial charge in [-0.05, 0) is 47.4 Å². The summed E-state index contributed by atoms with van der Waals surface area (Å²) in [6, 6.07) is 22.2. The van der Waals surface area contributed by atoms with Crippen LogP contribution in [0.25, 0.3) is 10.9 Å². The van der Waals surface area contributed by atoms with Crippen molar-refractivity contribution < 1.29 is 4.79 Å². The van der Waals surface area contributed by atoms with Gasteiger partial charge in [-0.15, -0.1) is 0 Å². The van der Waals surface area contributed by atoms with Gasteiger partial charge in [-0.3, -0.25) is 13.5 Å². The average molecular weight is 395 g/mol. The van der Waals surface area contributed by atoms with Gasteiger partial charge in [0.1, 0.15) is 0 Å². The van der Waals surface area contributed by atoms with Crippen LogP contribution in [-0.4, -0.2) is 9.86 Å². The third-order valence-electron chi connectivity index (χ3n) is 4.22. The highest BCUT2D eigenvalue weighted by Gasteiger charge is 2.13. The van der Waals surface area contributed by atoms with Crippen LogP contribution in [-0.2, 0) is 6.54 Å². The van der Waals surface area contributed by atoms with Gasteiger partial charge < -0.3 is 5.32 Å². The second-order valence-electron chi connectivity index (χ2n) is 6.07. The Morgan fingerprint density at radius 1 is 1.00 bits per heavy atom. The molecule has 0 atom stereocenters. The largest absolute Gasteiger partial charge is 0.322 e. The van der Waals surface area contributed by atoms with Crippen LogP contribution >= 0.6 is 23.1 Å². The number of rotatable bonds is 4. The Hall–Kier alpha value is -2.89. The molecule has 0 saturated heterocycles. The summed E-state index contributed by atoms with van der Waals surface area (Å²) in [5.41, 5.74) is 2.94. The minimum absolute atomic E-state index is 0.0326. The molecule has 6 heteroatoms. The molecule has 0 saturated carbocycles. The van der Waals surface area contributed by atoms with Crippen molar-refractivity contribution in [2.75, 3.05) is 5.32 Å². The minimum Gasteiger partial charge on any atom is -0.322 e. The van der Waals surface area contributed by atoms with Crippen LogP contribution in [0.1, 0.15) is 15.9 Å². The molecule has 4 nitrogen and oxygen atoms in total. The van der Waals surface area contributed by atoms with Crippen LogP contribution in [0.5, 0.6) is 0 Å². The topological polar surface area (TPSA) is 51.1 Å². The monoisotopic (exact) mass is 394 g/mol. The number of fused-ring (bicyclic) bond motifs is 1. The molecule has 0 unspecified atom stereocenters. The van der Waals surface area contributed by atoms with E-state index < -0.39 is 0 Å². The molecule has 134 valence electrons. The summed E-state index contributed by atoms with van der Waals surface area (Å²) in [4.78, 5) is 24.8. The summed E-state index contributed by atoms with van der Waals surface area (Å²) in [7, 11) is 0. The van der Waals surface area contributed by atoms with Crippen LogP contribution in [0, 0.1) is 0 Å². The van der Waals surface area contributed by atoms with E-state index in [-0.39, 0.29) is 10.6 Å². The molecule has 1 aromatic heterocycles. The fourth-order valence-corrected chi connectivity index (χ4v) is 4.06. The van der Waals surface area contributed by atoms with Crippen molar-refractivity contribution in [3.63, 3.8) is 0 Å². The molecule has 4 aromatic rings. The number of carbonyl (C=O) groups excluding carboxylic acids is 1. The SMILES string of the molecule is O=C(Nc1ccc2c(c1)c(=O)sn2Cc1ccccc1)c1ccccc1Cl. The highest BCUT2D eigenvalue weighted by molar-refractivity contribution is 7.05. The Morgan fingerprint density at radius 2 is 1.74 bits per heavy atom. The summed E-state index contributed by atoms with van der Waals surface area (Å²) in [6.07, 6.45) is 0. The van der Waals surface area contributed by atoms with Gasteiger partial charge >= 0.3 is 0 Å². The number of aromatic nitrogens is 1. The summed E-state index contributed by atoms with van der Waals surface area (Å²) >= 11 is 7.25. The molecular weight excluding hydrogens is 380 g/mol. The first kappa shape index (κ1) is 17.5. The lowest BCUT2D eigenvalue weighted by atomic mass is 10.2. The molecule has 1 heterocycles. The maximum atomic E-state index is 12.4. The van der Waals surface area contributed by atoms with Crippen LogP contribution < -0.4 is 10.1 Å². The first-order valence-electron chi connectivity index (χ1n) is 8.35. The molecule has 27 heavy (non-hydrogen) atoms. The zero-order valence-electron chi connectivity index (χ0n) is 14.2. The van der Waals surface area contributed by atoms with E-state index in [9.17, 15) is 9.59 Å². The Bertz CT molecular complexity index is 1180. The molecule has 0 aliphatic rings. The summed E-state index contributed by atoms with van der Waals surface area (Å²) < 4.78 is 1.93. The lowest BCUT2D eigenvalue weighted by Gasteiger charge is -2.08. The summed E-state index contributed by atoms with van der Waals surface area (Å²) in [5.74, 6) is -0.306. The van der Waals surface area contributed by atoms with Gasteiger partial charge in [-0.1, -0.05) is 54.1 Å². The Labute approximate surface area is 164 Å². The summed E-state index contributed by atoms with van der Waals surface area (Å²) in [6.45, 7) is 0.634. The van der Waals surface area contributed by atoms with Crippen molar-refractivity contribution in [2.24, 2.45) is 0 Å². The van der Waals surface area contributed by atoms with Gasteiger partial charge in [0.15, 0.2) is 0 Å². The van der Waals surface area contributed by atoms with Gasteiger partial charge in [0, 0.05) is 5.69 Å². The first-order chi connectivity index (χ1) is 13.1. The van der Waals surface area contributed by atoms with Crippen LogP contribution in [0.4, 0.5) is 5.69 Å². The molecule has 0 spiro atoms. The van der Waals surface area contributed by atoms with Crippen molar-refractivity contribution in [3.05, 3.63) is 98.5 Å². The standard InChI is InChI=1S/C21H15ClN2O2S/c22-18-9-5-4-8-16(18)20(25)23-15-10-11-19-17(12-15)21(26)27-24(19)13-14-6-2-1-3-7-14/h1-12H,13H2,(H,23,25). The fourth-order valence-electron chi connectivity index (χ4n) is 2.90. The van der Waals surface area contributed by atoms with Gasteiger partial charge in [-0.2, -0.15) is 0 Å². The van der Waals surface area contributed by atoms with E-state index in [0.717, 1.165) is 11.1 Å². The van der Waals surface area contributed by atoms with E-state index in [2.05, 4.69) is 5.32 Å². The van der Waals surface area contributed by atoms with Gasteiger partial charge in [0.2, 0.25) is 0 Å². The smallest absolute Gasteiger partial charge is 0.257 e. The van der Waals surface area contributed by atoms with E-state index in [1.165, 1.54) is 11.5 Å². The Balaban J connectivity index is 1.63. The van der Waals surface area contributed by atoms with Gasteiger partial charge in [0.05, 0.1) is 28.0 Å². The van der Waals surface area contributed by atoms with Crippen LogP contribution in [0.2, 0.25) is 5.02 Å². The lowest BCUT2D eigenvalue weighted by Crippen LogP contribution is -2.12. The fraction of sp³-hybridized carbons (Fsp3) is 0.0476. The number of amides is 1. The zero-order valence-corrected chi connectivity index (χ0v) is 15.8. The molecular formula is C21H15ClN2O2S. The molecule has 3 aromatic carbocycles. The predicted octanol–water partition coefficient (Wildman–Crippen LogP) is 5.02. The van der Waals surface area contributed by atoms with Crippen LogP contribution in [0.15, 0.2) is 77.6 Å². The van der Waals surface area contributed by atoms with Gasteiger partial charge in [-0.25, -0.2) is 0 Å². The average Bonchev–Trinajstić information content (AvgIpc) is 2.98. The van der Waals surface area contributed by atoms with Crippen molar-refractivity contribution >= 4 is 45.6 Å². The van der Waals surface area contributed by atoms with Crippen molar-refractivity contribution in [1.82, 2.24) is 3.96 Å². The second-order valence-corrected chi connectivity index (χ2v) is 7.47. The zero-order chi connectivity index (χ0) is 18.8. The van der Waals surface area contributed by atoms with Crippen molar-refractivity contribution in [2.45, 2.75) is 6.54 Å². The lowest BCUT2D eigenvalue weighted by molar-refractivity contribution is 0.102. The molecule has 1 amide bonds. The molecule has 0 fully saturated rings. The van der Waals surface area contributed by atoms with Crippen molar-refractivity contribution in [3.8, 4) is 0 Å². The highest BCUT2D eigenvalue weighted by Crippen LogP contribution is 2.22. The molecule has 0 aliphatic carbocycles. The molecule has 1 N–H and O–H groups in total. The third kappa shape index (κ3) is 3.65. The normalized spacial score (nSPS) is 10.9. The molecule has 4 rings (SSSR count). The Kier molecular flexibility index (Phi) is 4.79. The summed E-state index contributed by atoms with van der Waals surface area (Å²) in [5, 5.41) is 3.79. The molecule has 0 radical (unpaired) electrons. The van der Waals surface area contributed by atoms with E-state index in [4.69, 9.17) is 11.6 Å². The number of anilines is 1. The maximum absolute atomic E-state index is 12.4. The number of halogens is 1. The van der Waals surface area contributed by atoms with Gasteiger partial charge in [0.25, 0.3) is 10.6 Å². The maximum Gasteiger partial charge on any atom is 0.257 e. The minimum atomic E-state index is -0.306. The van der Waals surface area contributed by atoms with E-state index in [1.807, 2.05) is 40.4 Å². The van der Waals surface area contributed by atoms with E-state index >= 15 is 0 Å². The Morgan fingerprint density at radius 3 is 2.52 bits per heavy atom. The number of nitrogens with zero attached hydrogens (tertiary/aromatic N) is 1. The quantitative estimate of drug-likeness (QED) is 0.528. The second kappa shape index (κ2) is 7.39. The first-order valence-corrected chi connectivity index (χ1v) is 9.50. The van der Waals surface area contributed by atoms with E-state index in [0.29, 0.717) is 28.2 Å². The number of benzene rings is 3.